The number of ether oxygens (including phenoxy) is 1. The molecular formula is C22H23N7O. The lowest BCUT2D eigenvalue weighted by Crippen LogP contribution is -2.27. The lowest BCUT2D eigenvalue weighted by atomic mass is 10.1. The van der Waals surface area contributed by atoms with Crippen LogP contribution in [0.25, 0.3) is 22.0 Å². The molecule has 0 saturated heterocycles. The van der Waals surface area contributed by atoms with Gasteiger partial charge in [-0.05, 0) is 18.7 Å². The number of para-hydroxylation sites is 1. The Labute approximate surface area is 174 Å². The first-order valence-corrected chi connectivity index (χ1v) is 9.88. The first kappa shape index (κ1) is 18.5. The summed E-state index contributed by atoms with van der Waals surface area (Å²) in [6.07, 6.45) is 6.58. The van der Waals surface area contributed by atoms with Crippen molar-refractivity contribution < 1.29 is 4.74 Å². The molecular weight excluding hydrogens is 378 g/mol. The summed E-state index contributed by atoms with van der Waals surface area (Å²) in [5.41, 5.74) is 5.96. The summed E-state index contributed by atoms with van der Waals surface area (Å²) in [4.78, 5) is 16.3. The normalized spacial score (nSPS) is 14.0. The van der Waals surface area contributed by atoms with Gasteiger partial charge in [0.15, 0.2) is 0 Å². The molecule has 0 saturated carbocycles. The van der Waals surface area contributed by atoms with Crippen LogP contribution in [0.15, 0.2) is 42.9 Å². The van der Waals surface area contributed by atoms with E-state index in [1.54, 1.807) is 11.8 Å². The molecule has 1 aliphatic heterocycles. The van der Waals surface area contributed by atoms with Crippen LogP contribution in [0.1, 0.15) is 11.3 Å². The van der Waals surface area contributed by atoms with Crippen molar-refractivity contribution in [2.75, 3.05) is 26.0 Å². The van der Waals surface area contributed by atoms with Crippen LogP contribution in [0.4, 0.5) is 11.6 Å². The summed E-state index contributed by atoms with van der Waals surface area (Å²) in [5, 5.41) is 8.58. The van der Waals surface area contributed by atoms with E-state index in [0.717, 1.165) is 52.9 Å². The topological polar surface area (TPSA) is 81.0 Å². The molecule has 4 heterocycles. The van der Waals surface area contributed by atoms with Crippen LogP contribution in [0, 0.1) is 0 Å². The third kappa shape index (κ3) is 3.35. The van der Waals surface area contributed by atoms with Gasteiger partial charge in [-0.25, -0.2) is 15.0 Å². The number of methoxy groups -OCH3 is 1. The molecule has 30 heavy (non-hydrogen) atoms. The second kappa shape index (κ2) is 7.38. The number of nitrogens with zero attached hydrogens (tertiary/aromatic N) is 6. The second-order valence-corrected chi connectivity index (χ2v) is 7.60. The minimum absolute atomic E-state index is 0.503. The first-order chi connectivity index (χ1) is 14.6. The fourth-order valence-electron chi connectivity index (χ4n) is 3.87. The Morgan fingerprint density at radius 1 is 1.13 bits per heavy atom. The van der Waals surface area contributed by atoms with Crippen molar-refractivity contribution in [1.82, 2.24) is 29.6 Å². The van der Waals surface area contributed by atoms with Gasteiger partial charge in [-0.3, -0.25) is 4.68 Å². The molecule has 0 radical (unpaired) electrons. The fourth-order valence-corrected chi connectivity index (χ4v) is 3.87. The Morgan fingerprint density at radius 2 is 2.03 bits per heavy atom. The van der Waals surface area contributed by atoms with Gasteiger partial charge in [0.1, 0.15) is 5.69 Å². The van der Waals surface area contributed by atoms with E-state index in [1.165, 1.54) is 5.56 Å². The predicted octanol–water partition coefficient (Wildman–Crippen LogP) is 3.17. The average molecular weight is 401 g/mol. The Balaban J connectivity index is 1.55. The SMILES string of the molecule is COc1nc2c(cc1Nc1ncc3cccc(-c4cnn(C)c4)c3n1)CN(C)CC2. The van der Waals surface area contributed by atoms with E-state index in [-0.39, 0.29) is 0 Å². The number of hydrogen-bond donors (Lipinski definition) is 1. The minimum atomic E-state index is 0.503. The zero-order valence-corrected chi connectivity index (χ0v) is 17.3. The number of likely N-dealkylation sites (N-methyl/N-ethyl adjacent to an activating group) is 1. The highest BCUT2D eigenvalue weighted by molar-refractivity contribution is 5.93. The molecule has 5 rings (SSSR count). The largest absolute Gasteiger partial charge is 0.480 e. The Kier molecular flexibility index (Phi) is 4.55. The van der Waals surface area contributed by atoms with E-state index in [4.69, 9.17) is 14.7 Å². The van der Waals surface area contributed by atoms with Gasteiger partial charge < -0.3 is 15.0 Å². The average Bonchev–Trinajstić information content (AvgIpc) is 3.19. The zero-order valence-electron chi connectivity index (χ0n) is 17.3. The van der Waals surface area contributed by atoms with Crippen molar-refractivity contribution in [3.05, 3.63) is 54.1 Å². The van der Waals surface area contributed by atoms with Gasteiger partial charge in [-0.1, -0.05) is 18.2 Å². The predicted molar refractivity (Wildman–Crippen MR) is 116 cm³/mol. The van der Waals surface area contributed by atoms with Crippen molar-refractivity contribution in [1.29, 1.82) is 0 Å². The van der Waals surface area contributed by atoms with Gasteiger partial charge >= 0.3 is 0 Å². The second-order valence-electron chi connectivity index (χ2n) is 7.60. The van der Waals surface area contributed by atoms with Crippen molar-refractivity contribution in [3.63, 3.8) is 0 Å². The highest BCUT2D eigenvalue weighted by atomic mass is 16.5. The zero-order chi connectivity index (χ0) is 20.7. The quantitative estimate of drug-likeness (QED) is 0.562. The van der Waals surface area contributed by atoms with Gasteiger partial charge in [-0.2, -0.15) is 5.10 Å². The molecule has 0 unspecified atom stereocenters. The Morgan fingerprint density at radius 3 is 2.83 bits per heavy atom. The maximum atomic E-state index is 5.54. The molecule has 0 atom stereocenters. The van der Waals surface area contributed by atoms with Gasteiger partial charge in [0.25, 0.3) is 0 Å². The summed E-state index contributed by atoms with van der Waals surface area (Å²) >= 11 is 0. The number of benzene rings is 1. The monoisotopic (exact) mass is 401 g/mol. The molecule has 0 aliphatic carbocycles. The highest BCUT2D eigenvalue weighted by Gasteiger charge is 2.19. The van der Waals surface area contributed by atoms with E-state index in [1.807, 2.05) is 43.8 Å². The highest BCUT2D eigenvalue weighted by Crippen LogP contribution is 2.31. The van der Waals surface area contributed by atoms with Crippen molar-refractivity contribution in [2.45, 2.75) is 13.0 Å². The number of anilines is 2. The molecule has 0 amide bonds. The number of aromatic nitrogens is 5. The van der Waals surface area contributed by atoms with Crippen LogP contribution in [0.2, 0.25) is 0 Å². The standard InChI is InChI=1S/C22H23N7O/c1-28-8-7-18-15(12-28)9-19(21(25-18)30-3)26-22-23-10-14-5-4-6-17(20(14)27-22)16-11-24-29(2)13-16/h4-6,9-11,13H,7-8,12H2,1-3H3,(H,23,26,27). The van der Waals surface area contributed by atoms with Gasteiger partial charge in [0.2, 0.25) is 11.8 Å². The third-order valence-corrected chi connectivity index (χ3v) is 5.39. The number of hydrogen-bond acceptors (Lipinski definition) is 7. The van der Waals surface area contributed by atoms with E-state index >= 15 is 0 Å². The smallest absolute Gasteiger partial charge is 0.237 e. The molecule has 152 valence electrons. The molecule has 3 aromatic heterocycles. The number of rotatable bonds is 4. The fraction of sp³-hybridized carbons (Fsp3) is 0.273. The van der Waals surface area contributed by atoms with E-state index in [9.17, 15) is 0 Å². The summed E-state index contributed by atoms with van der Waals surface area (Å²) in [6.45, 7) is 1.87. The summed E-state index contributed by atoms with van der Waals surface area (Å²) in [5.74, 6) is 1.06. The van der Waals surface area contributed by atoms with Gasteiger partial charge in [-0.15, -0.1) is 0 Å². The van der Waals surface area contributed by atoms with Crippen molar-refractivity contribution in [2.24, 2.45) is 7.05 Å². The number of aryl methyl sites for hydroxylation is 1. The molecule has 1 aliphatic rings. The lowest BCUT2D eigenvalue weighted by Gasteiger charge is -2.25. The van der Waals surface area contributed by atoms with Gasteiger partial charge in [0.05, 0.1) is 24.5 Å². The Bertz CT molecular complexity index is 1230. The van der Waals surface area contributed by atoms with E-state index < -0.39 is 0 Å². The third-order valence-electron chi connectivity index (χ3n) is 5.39. The molecule has 1 N–H and O–H groups in total. The van der Waals surface area contributed by atoms with Crippen LogP contribution in [-0.2, 0) is 20.0 Å². The van der Waals surface area contributed by atoms with Crippen molar-refractivity contribution in [3.8, 4) is 17.0 Å². The molecule has 4 aromatic rings. The molecule has 0 bridgehead atoms. The summed E-state index contributed by atoms with van der Waals surface area (Å²) in [7, 11) is 5.66. The number of fused-ring (bicyclic) bond motifs is 2. The molecule has 8 heteroatoms. The van der Waals surface area contributed by atoms with Crippen molar-refractivity contribution >= 4 is 22.5 Å². The first-order valence-electron chi connectivity index (χ1n) is 9.88. The van der Waals surface area contributed by atoms with Crippen LogP contribution < -0.4 is 10.1 Å². The molecule has 0 fully saturated rings. The lowest BCUT2D eigenvalue weighted by molar-refractivity contribution is 0.307. The number of nitrogens with one attached hydrogen (secondary N) is 1. The van der Waals surface area contributed by atoms with Gasteiger partial charge in [0, 0.05) is 55.5 Å². The number of pyridine rings is 1. The molecule has 1 aromatic carbocycles. The van der Waals surface area contributed by atoms with Crippen LogP contribution >= 0.6 is 0 Å². The Hall–Kier alpha value is -3.52. The van der Waals surface area contributed by atoms with Crippen LogP contribution in [0.3, 0.4) is 0 Å². The maximum absolute atomic E-state index is 5.54. The maximum Gasteiger partial charge on any atom is 0.237 e. The van der Waals surface area contributed by atoms with Crippen LogP contribution in [-0.4, -0.2) is 50.3 Å². The van der Waals surface area contributed by atoms with Crippen LogP contribution in [0.5, 0.6) is 5.88 Å². The van der Waals surface area contributed by atoms with E-state index in [0.29, 0.717) is 11.8 Å². The molecule has 8 nitrogen and oxygen atoms in total. The molecule has 0 spiro atoms. The van der Waals surface area contributed by atoms with E-state index in [2.05, 4.69) is 33.4 Å². The summed E-state index contributed by atoms with van der Waals surface area (Å²) in [6, 6.07) is 8.16. The summed E-state index contributed by atoms with van der Waals surface area (Å²) < 4.78 is 7.33. The minimum Gasteiger partial charge on any atom is -0.480 e.